The summed E-state index contributed by atoms with van der Waals surface area (Å²) >= 11 is 2.62. The predicted octanol–water partition coefficient (Wildman–Crippen LogP) is 1.43. The van der Waals surface area contributed by atoms with Crippen LogP contribution in [0.5, 0.6) is 0 Å². The van der Waals surface area contributed by atoms with Gasteiger partial charge in [-0.3, -0.25) is 9.59 Å². The van der Waals surface area contributed by atoms with E-state index in [1.807, 2.05) is 12.1 Å². The lowest BCUT2D eigenvalue weighted by Crippen LogP contribution is -2.15. The van der Waals surface area contributed by atoms with Crippen LogP contribution in [0.2, 0.25) is 0 Å². The van der Waals surface area contributed by atoms with Gasteiger partial charge in [0.05, 0.1) is 11.4 Å². The first-order valence-corrected chi connectivity index (χ1v) is 7.92. The fourth-order valence-corrected chi connectivity index (χ4v) is 2.94. The number of carbonyl (C=O) groups is 2. The molecular formula is C13H14N4O2S2. The first-order valence-electron chi connectivity index (χ1n) is 6.06. The minimum absolute atomic E-state index is 0.154. The molecule has 0 radical (unpaired) electrons. The van der Waals surface area contributed by atoms with Crippen LogP contribution < -0.4 is 16.8 Å². The van der Waals surface area contributed by atoms with Gasteiger partial charge >= 0.3 is 0 Å². The molecule has 0 spiro atoms. The average Bonchev–Trinajstić information content (AvgIpc) is 2.95. The molecule has 1 aromatic carbocycles. The summed E-state index contributed by atoms with van der Waals surface area (Å²) in [5.74, 6) is -0.563. The molecule has 5 N–H and O–H groups in total. The molecule has 1 aromatic heterocycles. The van der Waals surface area contributed by atoms with Gasteiger partial charge < -0.3 is 16.8 Å². The Morgan fingerprint density at radius 1 is 1.33 bits per heavy atom. The number of carbonyl (C=O) groups excluding carboxylic acids is 2. The fourth-order valence-electron chi connectivity index (χ4n) is 1.54. The number of anilines is 1. The maximum absolute atomic E-state index is 12.1. The van der Waals surface area contributed by atoms with Crippen LogP contribution in [0.25, 0.3) is 0 Å². The summed E-state index contributed by atoms with van der Waals surface area (Å²) in [5.41, 5.74) is 11.6. The molecule has 0 aliphatic rings. The van der Waals surface area contributed by atoms with Crippen LogP contribution in [0.4, 0.5) is 5.69 Å². The van der Waals surface area contributed by atoms with Crippen molar-refractivity contribution >= 4 is 40.6 Å². The van der Waals surface area contributed by atoms with Crippen LogP contribution in [0.1, 0.15) is 15.5 Å². The summed E-state index contributed by atoms with van der Waals surface area (Å²) in [6.07, 6.45) is 0. The minimum atomic E-state index is -0.409. The Kier molecular flexibility index (Phi) is 5.32. The van der Waals surface area contributed by atoms with Gasteiger partial charge in [0, 0.05) is 16.8 Å². The molecular weight excluding hydrogens is 308 g/mol. The molecule has 2 amide bonds. The van der Waals surface area contributed by atoms with Crippen molar-refractivity contribution in [3.05, 3.63) is 40.3 Å². The number of rotatable bonds is 6. The largest absolute Gasteiger partial charge is 0.369 e. The smallest absolute Gasteiger partial charge is 0.275 e. The highest BCUT2D eigenvalue weighted by atomic mass is 32.2. The number of amides is 2. The molecule has 0 saturated carbocycles. The monoisotopic (exact) mass is 322 g/mol. The normalized spacial score (nSPS) is 10.3. The molecule has 0 atom stereocenters. The average molecular weight is 322 g/mol. The van der Waals surface area contributed by atoms with E-state index < -0.39 is 5.91 Å². The Morgan fingerprint density at radius 2 is 2.10 bits per heavy atom. The Balaban J connectivity index is 2.11. The van der Waals surface area contributed by atoms with Gasteiger partial charge in [0.1, 0.15) is 10.7 Å². The zero-order valence-corrected chi connectivity index (χ0v) is 12.7. The minimum Gasteiger partial charge on any atom is -0.369 e. The summed E-state index contributed by atoms with van der Waals surface area (Å²) in [4.78, 5) is 27.9. The van der Waals surface area contributed by atoms with Gasteiger partial charge in [-0.1, -0.05) is 12.1 Å². The third kappa shape index (κ3) is 4.28. The first kappa shape index (κ1) is 15.5. The molecule has 6 nitrogen and oxygen atoms in total. The quantitative estimate of drug-likeness (QED) is 0.697. The van der Waals surface area contributed by atoms with E-state index in [0.717, 1.165) is 4.90 Å². The summed E-state index contributed by atoms with van der Waals surface area (Å²) in [5, 5.41) is 5.15. The van der Waals surface area contributed by atoms with E-state index in [1.165, 1.54) is 23.1 Å². The number of hydrogen-bond donors (Lipinski definition) is 3. The van der Waals surface area contributed by atoms with Crippen molar-refractivity contribution in [2.75, 3.05) is 11.1 Å². The van der Waals surface area contributed by atoms with E-state index in [1.54, 1.807) is 17.5 Å². The van der Waals surface area contributed by atoms with Crippen molar-refractivity contribution in [1.82, 2.24) is 4.98 Å². The number of thioether (sulfide) groups is 1. The third-order valence-corrected chi connectivity index (χ3v) is 4.43. The zero-order valence-electron chi connectivity index (χ0n) is 11.0. The van der Waals surface area contributed by atoms with Crippen molar-refractivity contribution in [2.45, 2.75) is 11.4 Å². The van der Waals surface area contributed by atoms with Gasteiger partial charge in [0.25, 0.3) is 5.91 Å². The third-order valence-electron chi connectivity index (χ3n) is 2.46. The number of benzene rings is 1. The lowest BCUT2D eigenvalue weighted by Gasteiger charge is -2.09. The second-order valence-corrected chi connectivity index (χ2v) is 6.00. The van der Waals surface area contributed by atoms with Gasteiger partial charge in [-0.25, -0.2) is 4.98 Å². The molecule has 1 heterocycles. The Bertz CT molecular complexity index is 657. The molecule has 2 aromatic rings. The molecule has 0 aliphatic heterocycles. The highest BCUT2D eigenvalue weighted by Gasteiger charge is 2.13. The highest BCUT2D eigenvalue weighted by Crippen LogP contribution is 2.27. The second kappa shape index (κ2) is 7.21. The van der Waals surface area contributed by atoms with E-state index >= 15 is 0 Å². The number of nitrogens with two attached hydrogens (primary N) is 2. The molecule has 0 fully saturated rings. The lowest BCUT2D eigenvalue weighted by molar-refractivity contribution is -0.115. The van der Waals surface area contributed by atoms with Crippen LogP contribution >= 0.6 is 23.1 Å². The van der Waals surface area contributed by atoms with Crippen molar-refractivity contribution in [2.24, 2.45) is 11.5 Å². The van der Waals surface area contributed by atoms with Crippen LogP contribution in [-0.4, -0.2) is 22.6 Å². The summed E-state index contributed by atoms with van der Waals surface area (Å²) in [7, 11) is 0. The van der Waals surface area contributed by atoms with E-state index in [9.17, 15) is 9.59 Å². The van der Waals surface area contributed by atoms with Gasteiger partial charge in [-0.2, -0.15) is 0 Å². The maximum Gasteiger partial charge on any atom is 0.275 e. The lowest BCUT2D eigenvalue weighted by atomic mass is 10.3. The molecule has 0 aliphatic carbocycles. The molecule has 110 valence electrons. The molecule has 8 heteroatoms. The number of nitrogens with one attached hydrogen (secondary N) is 1. The van der Waals surface area contributed by atoms with E-state index in [4.69, 9.17) is 11.5 Å². The molecule has 0 bridgehead atoms. The van der Waals surface area contributed by atoms with E-state index in [-0.39, 0.29) is 11.7 Å². The number of para-hydroxylation sites is 1. The van der Waals surface area contributed by atoms with Crippen molar-refractivity contribution in [3.8, 4) is 0 Å². The molecule has 21 heavy (non-hydrogen) atoms. The van der Waals surface area contributed by atoms with Gasteiger partial charge in [-0.05, 0) is 12.1 Å². The zero-order chi connectivity index (χ0) is 15.2. The molecule has 0 saturated heterocycles. The topological polar surface area (TPSA) is 111 Å². The SMILES string of the molecule is NCc1nc(C(=O)Nc2ccccc2SCC(N)=O)cs1. The second-order valence-electron chi connectivity index (χ2n) is 4.04. The summed E-state index contributed by atoms with van der Waals surface area (Å²) in [6, 6.07) is 7.21. The molecule has 0 unspecified atom stereocenters. The predicted molar refractivity (Wildman–Crippen MR) is 84.3 cm³/mol. The van der Waals surface area contributed by atoms with Gasteiger partial charge in [0.2, 0.25) is 5.91 Å². The number of hydrogen-bond acceptors (Lipinski definition) is 6. The van der Waals surface area contributed by atoms with Crippen LogP contribution in [0.3, 0.4) is 0 Å². The van der Waals surface area contributed by atoms with Crippen molar-refractivity contribution < 1.29 is 9.59 Å². The number of aromatic nitrogens is 1. The van der Waals surface area contributed by atoms with E-state index in [0.29, 0.717) is 22.9 Å². The van der Waals surface area contributed by atoms with E-state index in [2.05, 4.69) is 10.3 Å². The Morgan fingerprint density at radius 3 is 2.76 bits per heavy atom. The summed E-state index contributed by atoms with van der Waals surface area (Å²) in [6.45, 7) is 0.309. The fraction of sp³-hybridized carbons (Fsp3) is 0.154. The number of thiazole rings is 1. The molecule has 2 rings (SSSR count). The van der Waals surface area contributed by atoms with Gasteiger partial charge in [-0.15, -0.1) is 23.1 Å². The maximum atomic E-state index is 12.1. The number of primary amides is 1. The Labute approximate surface area is 129 Å². The highest BCUT2D eigenvalue weighted by molar-refractivity contribution is 8.00. The van der Waals surface area contributed by atoms with Crippen molar-refractivity contribution in [3.63, 3.8) is 0 Å². The van der Waals surface area contributed by atoms with Crippen LogP contribution in [0.15, 0.2) is 34.5 Å². The standard InChI is InChI=1S/C13H14N4O2S2/c14-5-12-16-9(6-21-12)13(19)17-8-3-1-2-4-10(8)20-7-11(15)18/h1-4,6H,5,7,14H2,(H2,15,18)(H,17,19). The summed E-state index contributed by atoms with van der Waals surface area (Å²) < 4.78 is 0. The van der Waals surface area contributed by atoms with Crippen molar-refractivity contribution in [1.29, 1.82) is 0 Å². The Hall–Kier alpha value is -1.90. The number of nitrogens with zero attached hydrogens (tertiary/aromatic N) is 1. The van der Waals surface area contributed by atoms with Gasteiger partial charge in [0.15, 0.2) is 0 Å². The van der Waals surface area contributed by atoms with Crippen LogP contribution in [0, 0.1) is 0 Å². The first-order chi connectivity index (χ1) is 10.1. The van der Waals surface area contributed by atoms with Crippen LogP contribution in [-0.2, 0) is 11.3 Å².